The molecule has 1 aromatic rings. The fourth-order valence-corrected chi connectivity index (χ4v) is 2.66. The first-order chi connectivity index (χ1) is 8.20. The van der Waals surface area contributed by atoms with Crippen LogP contribution in [0.4, 0.5) is 0 Å². The molecule has 94 valence electrons. The first-order valence-electron chi connectivity index (χ1n) is 5.94. The standard InChI is InChI=1S/C13H16Cl3N/c14-6-7-17(11-2-1-3-11)9-10-4-5-12(15)13(16)8-10/h4-5,8,11H,1-3,6-7,9H2. The highest BCUT2D eigenvalue weighted by molar-refractivity contribution is 6.42. The van der Waals surface area contributed by atoms with Crippen molar-refractivity contribution in [3.05, 3.63) is 33.8 Å². The van der Waals surface area contributed by atoms with Crippen LogP contribution >= 0.6 is 34.8 Å². The topological polar surface area (TPSA) is 3.24 Å². The number of hydrogen-bond donors (Lipinski definition) is 0. The summed E-state index contributed by atoms with van der Waals surface area (Å²) in [7, 11) is 0. The smallest absolute Gasteiger partial charge is 0.0595 e. The molecule has 0 bridgehead atoms. The predicted molar refractivity (Wildman–Crippen MR) is 75.2 cm³/mol. The van der Waals surface area contributed by atoms with E-state index in [1.807, 2.05) is 18.2 Å². The molecule has 1 saturated carbocycles. The molecule has 0 radical (unpaired) electrons. The summed E-state index contributed by atoms with van der Waals surface area (Å²) in [6.45, 7) is 1.85. The first kappa shape index (κ1) is 13.5. The minimum absolute atomic E-state index is 0.614. The molecule has 0 atom stereocenters. The van der Waals surface area contributed by atoms with Gasteiger partial charge < -0.3 is 0 Å². The molecule has 0 aliphatic heterocycles. The average Bonchev–Trinajstić information content (AvgIpc) is 2.21. The number of rotatable bonds is 5. The van der Waals surface area contributed by atoms with Gasteiger partial charge in [-0.2, -0.15) is 0 Å². The third-order valence-corrected chi connectivity index (χ3v) is 4.24. The zero-order chi connectivity index (χ0) is 12.3. The molecule has 1 aliphatic carbocycles. The molecule has 0 aromatic heterocycles. The van der Waals surface area contributed by atoms with Gasteiger partial charge in [-0.25, -0.2) is 0 Å². The van der Waals surface area contributed by atoms with Gasteiger partial charge in [0, 0.05) is 25.0 Å². The van der Waals surface area contributed by atoms with Gasteiger partial charge in [-0.1, -0.05) is 35.7 Å². The molecular weight excluding hydrogens is 277 g/mol. The van der Waals surface area contributed by atoms with Crippen molar-refractivity contribution in [1.82, 2.24) is 4.90 Å². The molecule has 0 N–H and O–H groups in total. The van der Waals surface area contributed by atoms with Crippen molar-refractivity contribution in [1.29, 1.82) is 0 Å². The van der Waals surface area contributed by atoms with Gasteiger partial charge in [-0.3, -0.25) is 4.90 Å². The maximum absolute atomic E-state index is 6.03. The van der Waals surface area contributed by atoms with Crippen molar-refractivity contribution in [2.24, 2.45) is 0 Å². The van der Waals surface area contributed by atoms with E-state index >= 15 is 0 Å². The van der Waals surface area contributed by atoms with Crippen molar-refractivity contribution in [3.8, 4) is 0 Å². The van der Waals surface area contributed by atoms with Crippen molar-refractivity contribution in [2.45, 2.75) is 31.8 Å². The Bertz CT molecular complexity index is 377. The van der Waals surface area contributed by atoms with Crippen LogP contribution in [-0.2, 0) is 6.54 Å². The molecule has 1 fully saturated rings. The van der Waals surface area contributed by atoms with Crippen LogP contribution in [0.15, 0.2) is 18.2 Å². The van der Waals surface area contributed by atoms with Crippen molar-refractivity contribution >= 4 is 34.8 Å². The molecule has 0 spiro atoms. The summed E-state index contributed by atoms with van der Waals surface area (Å²) in [5.74, 6) is 0.678. The van der Waals surface area contributed by atoms with Crippen LogP contribution in [0.5, 0.6) is 0 Å². The fraction of sp³-hybridized carbons (Fsp3) is 0.538. The minimum Gasteiger partial charge on any atom is -0.295 e. The normalized spacial score (nSPS) is 16.2. The summed E-state index contributed by atoms with van der Waals surface area (Å²) in [5, 5.41) is 1.24. The van der Waals surface area contributed by atoms with Crippen molar-refractivity contribution in [3.63, 3.8) is 0 Å². The largest absolute Gasteiger partial charge is 0.295 e. The van der Waals surface area contributed by atoms with E-state index in [9.17, 15) is 0 Å². The number of alkyl halides is 1. The maximum atomic E-state index is 6.03. The highest BCUT2D eigenvalue weighted by Gasteiger charge is 2.24. The molecule has 1 aromatic carbocycles. The van der Waals surface area contributed by atoms with Gasteiger partial charge in [0.25, 0.3) is 0 Å². The summed E-state index contributed by atoms with van der Waals surface area (Å²) in [6, 6.07) is 6.54. The van der Waals surface area contributed by atoms with Crippen LogP contribution in [0.1, 0.15) is 24.8 Å². The number of benzene rings is 1. The summed E-state index contributed by atoms with van der Waals surface area (Å²) in [5.41, 5.74) is 1.21. The molecule has 0 saturated heterocycles. The summed E-state index contributed by atoms with van der Waals surface area (Å²) in [6.07, 6.45) is 3.92. The van der Waals surface area contributed by atoms with Gasteiger partial charge in [0.2, 0.25) is 0 Å². The Labute approximate surface area is 118 Å². The van der Waals surface area contributed by atoms with Crippen LogP contribution in [0.2, 0.25) is 10.0 Å². The van der Waals surface area contributed by atoms with Gasteiger partial charge in [-0.15, -0.1) is 11.6 Å². The third kappa shape index (κ3) is 3.51. The highest BCUT2D eigenvalue weighted by Crippen LogP contribution is 2.28. The molecule has 0 amide bonds. The number of hydrogen-bond acceptors (Lipinski definition) is 1. The Balaban J connectivity index is 2.02. The number of halogens is 3. The summed E-state index contributed by atoms with van der Waals surface area (Å²) >= 11 is 17.8. The molecule has 0 unspecified atom stereocenters. The fourth-order valence-electron chi connectivity index (χ4n) is 2.12. The van der Waals surface area contributed by atoms with Crippen molar-refractivity contribution < 1.29 is 0 Å². The second-order valence-electron chi connectivity index (χ2n) is 4.49. The third-order valence-electron chi connectivity index (χ3n) is 3.33. The predicted octanol–water partition coefficient (Wildman–Crippen LogP) is 4.59. The maximum Gasteiger partial charge on any atom is 0.0595 e. The van der Waals surface area contributed by atoms with Crippen molar-refractivity contribution in [2.75, 3.05) is 12.4 Å². The Hall–Kier alpha value is 0.0500. The van der Waals surface area contributed by atoms with E-state index in [-0.39, 0.29) is 0 Å². The lowest BCUT2D eigenvalue weighted by Gasteiger charge is -2.37. The lowest BCUT2D eigenvalue weighted by molar-refractivity contribution is 0.127. The van der Waals surface area contributed by atoms with E-state index in [4.69, 9.17) is 34.8 Å². The van der Waals surface area contributed by atoms with E-state index < -0.39 is 0 Å². The Morgan fingerprint density at radius 2 is 1.94 bits per heavy atom. The van der Waals surface area contributed by atoms with E-state index in [1.54, 1.807) is 0 Å². The lowest BCUT2D eigenvalue weighted by Crippen LogP contribution is -2.40. The van der Waals surface area contributed by atoms with Crippen LogP contribution in [0.25, 0.3) is 0 Å². The minimum atomic E-state index is 0.614. The second kappa shape index (κ2) is 6.29. The van der Waals surface area contributed by atoms with Crippen LogP contribution in [-0.4, -0.2) is 23.4 Å². The van der Waals surface area contributed by atoms with E-state index in [0.717, 1.165) is 13.1 Å². The average molecular weight is 293 g/mol. The second-order valence-corrected chi connectivity index (χ2v) is 5.69. The van der Waals surface area contributed by atoms with Crippen LogP contribution < -0.4 is 0 Å². The zero-order valence-corrected chi connectivity index (χ0v) is 11.9. The summed E-state index contributed by atoms with van der Waals surface area (Å²) in [4.78, 5) is 2.44. The van der Waals surface area contributed by atoms with E-state index in [0.29, 0.717) is 22.0 Å². The van der Waals surface area contributed by atoms with Crippen LogP contribution in [0.3, 0.4) is 0 Å². The first-order valence-corrected chi connectivity index (χ1v) is 7.23. The zero-order valence-electron chi connectivity index (χ0n) is 9.63. The van der Waals surface area contributed by atoms with Gasteiger partial charge in [0.15, 0.2) is 0 Å². The quantitative estimate of drug-likeness (QED) is 0.718. The molecule has 17 heavy (non-hydrogen) atoms. The van der Waals surface area contributed by atoms with E-state index in [1.165, 1.54) is 24.8 Å². The summed E-state index contributed by atoms with van der Waals surface area (Å²) < 4.78 is 0. The molecule has 4 heteroatoms. The molecule has 1 nitrogen and oxygen atoms in total. The Morgan fingerprint density at radius 3 is 2.47 bits per heavy atom. The van der Waals surface area contributed by atoms with Gasteiger partial charge >= 0.3 is 0 Å². The Kier molecular flexibility index (Phi) is 4.98. The van der Waals surface area contributed by atoms with Gasteiger partial charge in [-0.05, 0) is 30.5 Å². The molecule has 1 aliphatic rings. The SMILES string of the molecule is ClCCN(Cc1ccc(Cl)c(Cl)c1)C1CCC1. The van der Waals surface area contributed by atoms with E-state index in [2.05, 4.69) is 4.90 Å². The molecule has 2 rings (SSSR count). The number of nitrogens with zero attached hydrogens (tertiary/aromatic N) is 1. The molecule has 0 heterocycles. The highest BCUT2D eigenvalue weighted by atomic mass is 35.5. The van der Waals surface area contributed by atoms with Gasteiger partial charge in [0.05, 0.1) is 10.0 Å². The monoisotopic (exact) mass is 291 g/mol. The van der Waals surface area contributed by atoms with Crippen LogP contribution in [0, 0.1) is 0 Å². The van der Waals surface area contributed by atoms with Gasteiger partial charge in [0.1, 0.15) is 0 Å². The Morgan fingerprint density at radius 1 is 1.18 bits per heavy atom. The lowest BCUT2D eigenvalue weighted by atomic mass is 9.91. The molecular formula is C13H16Cl3N.